The SMILES string of the molecule is CN=C(NCCCc1nnc2ccccn12)NCC(Cc1ccccc1)c1ccccc1.I. The lowest BCUT2D eigenvalue weighted by atomic mass is 9.92. The molecular weight excluding hydrogens is 523 g/mol. The lowest BCUT2D eigenvalue weighted by molar-refractivity contribution is 0.639. The maximum absolute atomic E-state index is 4.41. The van der Waals surface area contributed by atoms with Crippen LogP contribution < -0.4 is 10.6 Å². The molecule has 2 N–H and O–H groups in total. The van der Waals surface area contributed by atoms with Gasteiger partial charge in [-0.2, -0.15) is 0 Å². The molecule has 2 aromatic heterocycles. The van der Waals surface area contributed by atoms with Gasteiger partial charge in [0.15, 0.2) is 11.6 Å². The zero-order valence-electron chi connectivity index (χ0n) is 18.9. The molecular formula is C26H31IN6. The van der Waals surface area contributed by atoms with Crippen molar-refractivity contribution < 1.29 is 0 Å². The second-order valence-electron chi connectivity index (χ2n) is 7.83. The van der Waals surface area contributed by atoms with Gasteiger partial charge in [0.05, 0.1) is 0 Å². The van der Waals surface area contributed by atoms with Gasteiger partial charge in [-0.1, -0.05) is 66.7 Å². The zero-order chi connectivity index (χ0) is 22.0. The summed E-state index contributed by atoms with van der Waals surface area (Å²) in [6, 6.07) is 27.3. The molecule has 1 atom stereocenters. The highest BCUT2D eigenvalue weighted by atomic mass is 127. The Labute approximate surface area is 212 Å². The molecule has 0 bridgehead atoms. The lowest BCUT2D eigenvalue weighted by Gasteiger charge is -2.20. The normalized spacial score (nSPS) is 12.2. The molecule has 33 heavy (non-hydrogen) atoms. The topological polar surface area (TPSA) is 66.6 Å². The summed E-state index contributed by atoms with van der Waals surface area (Å²) in [5, 5.41) is 15.5. The van der Waals surface area contributed by atoms with E-state index in [0.717, 1.165) is 49.8 Å². The van der Waals surface area contributed by atoms with E-state index >= 15 is 0 Å². The molecule has 0 saturated carbocycles. The van der Waals surface area contributed by atoms with Crippen LogP contribution in [0.1, 0.15) is 29.3 Å². The number of fused-ring (bicyclic) bond motifs is 1. The predicted molar refractivity (Wildman–Crippen MR) is 145 cm³/mol. The van der Waals surface area contributed by atoms with Crippen LogP contribution in [0.25, 0.3) is 5.65 Å². The van der Waals surface area contributed by atoms with Gasteiger partial charge < -0.3 is 10.6 Å². The summed E-state index contributed by atoms with van der Waals surface area (Å²) < 4.78 is 2.04. The van der Waals surface area contributed by atoms with Gasteiger partial charge in [-0.15, -0.1) is 34.2 Å². The van der Waals surface area contributed by atoms with Gasteiger partial charge in [0.1, 0.15) is 5.82 Å². The molecule has 0 aliphatic heterocycles. The van der Waals surface area contributed by atoms with Crippen molar-refractivity contribution >= 4 is 35.6 Å². The molecule has 172 valence electrons. The Morgan fingerprint density at radius 2 is 1.64 bits per heavy atom. The molecule has 0 aliphatic rings. The molecule has 0 radical (unpaired) electrons. The maximum atomic E-state index is 4.41. The minimum Gasteiger partial charge on any atom is -0.356 e. The van der Waals surface area contributed by atoms with E-state index in [-0.39, 0.29) is 24.0 Å². The largest absolute Gasteiger partial charge is 0.356 e. The van der Waals surface area contributed by atoms with Crippen LogP contribution in [0.5, 0.6) is 0 Å². The van der Waals surface area contributed by atoms with Gasteiger partial charge in [0.25, 0.3) is 0 Å². The third-order valence-corrected chi connectivity index (χ3v) is 5.59. The van der Waals surface area contributed by atoms with Crippen molar-refractivity contribution in [3.05, 3.63) is 102 Å². The van der Waals surface area contributed by atoms with E-state index in [1.54, 1.807) is 0 Å². The van der Waals surface area contributed by atoms with Crippen LogP contribution in [0.4, 0.5) is 0 Å². The van der Waals surface area contributed by atoms with Gasteiger partial charge in [-0.25, -0.2) is 0 Å². The van der Waals surface area contributed by atoms with E-state index in [0.29, 0.717) is 5.92 Å². The Morgan fingerprint density at radius 1 is 0.909 bits per heavy atom. The Balaban J connectivity index is 0.00000306. The molecule has 1 unspecified atom stereocenters. The molecule has 4 aromatic rings. The second-order valence-corrected chi connectivity index (χ2v) is 7.83. The van der Waals surface area contributed by atoms with Crippen LogP contribution in [-0.2, 0) is 12.8 Å². The Morgan fingerprint density at radius 3 is 2.39 bits per heavy atom. The summed E-state index contributed by atoms with van der Waals surface area (Å²) >= 11 is 0. The minimum absolute atomic E-state index is 0. The fraction of sp³-hybridized carbons (Fsp3) is 0.269. The van der Waals surface area contributed by atoms with Crippen molar-refractivity contribution in [1.29, 1.82) is 0 Å². The lowest BCUT2D eigenvalue weighted by Crippen LogP contribution is -2.40. The number of guanidine groups is 1. The van der Waals surface area contributed by atoms with Gasteiger partial charge in [-0.05, 0) is 36.1 Å². The van der Waals surface area contributed by atoms with Crippen LogP contribution in [0.3, 0.4) is 0 Å². The number of nitrogens with one attached hydrogen (secondary N) is 2. The molecule has 7 heteroatoms. The summed E-state index contributed by atoms with van der Waals surface area (Å²) in [5.74, 6) is 2.17. The number of hydrogen-bond acceptors (Lipinski definition) is 3. The van der Waals surface area contributed by atoms with Crippen LogP contribution in [0.15, 0.2) is 90.1 Å². The molecule has 0 fully saturated rings. The summed E-state index contributed by atoms with van der Waals surface area (Å²) in [5.41, 5.74) is 3.56. The van der Waals surface area contributed by atoms with E-state index < -0.39 is 0 Å². The minimum atomic E-state index is 0. The van der Waals surface area contributed by atoms with E-state index in [9.17, 15) is 0 Å². The van der Waals surface area contributed by atoms with Crippen molar-refractivity contribution in [3.63, 3.8) is 0 Å². The monoisotopic (exact) mass is 554 g/mol. The van der Waals surface area contributed by atoms with Gasteiger partial charge in [0.2, 0.25) is 0 Å². The van der Waals surface area contributed by atoms with Gasteiger partial charge in [0, 0.05) is 38.7 Å². The first kappa shape index (κ1) is 24.7. The zero-order valence-corrected chi connectivity index (χ0v) is 21.2. The highest BCUT2D eigenvalue weighted by Crippen LogP contribution is 2.20. The predicted octanol–water partition coefficient (Wildman–Crippen LogP) is 4.47. The Bertz CT molecular complexity index is 1130. The fourth-order valence-electron chi connectivity index (χ4n) is 3.89. The number of halogens is 1. The first-order valence-corrected chi connectivity index (χ1v) is 11.2. The Hall–Kier alpha value is -2.94. The molecule has 4 rings (SSSR count). The number of aromatic nitrogens is 3. The van der Waals surface area contributed by atoms with Gasteiger partial charge >= 0.3 is 0 Å². The summed E-state index contributed by atoms with van der Waals surface area (Å²) in [4.78, 5) is 4.41. The highest BCUT2D eigenvalue weighted by Gasteiger charge is 2.13. The molecule has 2 heterocycles. The van der Waals surface area contributed by atoms with Crippen molar-refractivity contribution in [1.82, 2.24) is 25.2 Å². The summed E-state index contributed by atoms with van der Waals surface area (Å²) in [7, 11) is 1.82. The second kappa shape index (κ2) is 12.9. The average molecular weight is 554 g/mol. The summed E-state index contributed by atoms with van der Waals surface area (Å²) in [6.45, 7) is 1.63. The van der Waals surface area contributed by atoms with E-state index in [1.165, 1.54) is 11.1 Å². The fourth-order valence-corrected chi connectivity index (χ4v) is 3.89. The molecule has 0 saturated heterocycles. The first-order valence-electron chi connectivity index (χ1n) is 11.2. The number of aliphatic imine (C=N–C) groups is 1. The molecule has 6 nitrogen and oxygen atoms in total. The van der Waals surface area contributed by atoms with Crippen LogP contribution in [0, 0.1) is 0 Å². The number of hydrogen-bond donors (Lipinski definition) is 2. The van der Waals surface area contributed by atoms with Crippen LogP contribution in [-0.4, -0.2) is 40.7 Å². The van der Waals surface area contributed by atoms with E-state index in [4.69, 9.17) is 0 Å². The van der Waals surface area contributed by atoms with Crippen LogP contribution in [0.2, 0.25) is 0 Å². The molecule has 0 aliphatic carbocycles. The van der Waals surface area contributed by atoms with E-state index in [1.807, 2.05) is 35.8 Å². The van der Waals surface area contributed by atoms with Crippen molar-refractivity contribution in [2.45, 2.75) is 25.2 Å². The maximum Gasteiger partial charge on any atom is 0.190 e. The quantitative estimate of drug-likeness (QED) is 0.139. The highest BCUT2D eigenvalue weighted by molar-refractivity contribution is 14.0. The third-order valence-electron chi connectivity index (χ3n) is 5.59. The molecule has 0 amide bonds. The molecule has 0 spiro atoms. The van der Waals surface area contributed by atoms with Gasteiger partial charge in [-0.3, -0.25) is 9.39 Å². The number of benzene rings is 2. The summed E-state index contributed by atoms with van der Waals surface area (Å²) in [6.07, 6.45) is 4.79. The number of pyridine rings is 1. The third kappa shape index (κ3) is 7.02. The standard InChI is InChI=1S/C26H30N6.HI/c1-27-26(28-17-10-16-25-31-30-24-15-8-9-18-32(24)25)29-20-23(22-13-6-3-7-14-22)19-21-11-4-2-5-12-21;/h2-9,11-15,18,23H,10,16-17,19-20H2,1H3,(H2,27,28,29);1H. The van der Waals surface area contributed by atoms with E-state index in [2.05, 4.69) is 86.5 Å². The van der Waals surface area contributed by atoms with Crippen LogP contribution >= 0.6 is 24.0 Å². The number of nitrogens with zero attached hydrogens (tertiary/aromatic N) is 4. The smallest absolute Gasteiger partial charge is 0.190 e. The van der Waals surface area contributed by atoms with Crippen molar-refractivity contribution in [3.8, 4) is 0 Å². The number of aryl methyl sites for hydroxylation is 1. The molecule has 2 aromatic carbocycles. The van der Waals surface area contributed by atoms with Crippen molar-refractivity contribution in [2.75, 3.05) is 20.1 Å². The number of rotatable bonds is 9. The first-order chi connectivity index (χ1) is 15.8. The average Bonchev–Trinajstić information content (AvgIpc) is 3.27. The Kier molecular flexibility index (Phi) is 9.68. The van der Waals surface area contributed by atoms with Crippen molar-refractivity contribution in [2.24, 2.45) is 4.99 Å².